The Morgan fingerprint density at radius 1 is 1.05 bits per heavy atom. The number of furan rings is 1. The molecular formula is C32H30F2N2O6. The Morgan fingerprint density at radius 2 is 1.76 bits per heavy atom. The summed E-state index contributed by atoms with van der Waals surface area (Å²) >= 11 is 0. The number of hydrogen-bond acceptors (Lipinski definition) is 7. The number of aryl methyl sites for hydroxylation is 2. The molecule has 0 saturated carbocycles. The summed E-state index contributed by atoms with van der Waals surface area (Å²) in [6, 6.07) is 13.4. The number of fused-ring (bicyclic) bond motifs is 1. The molecule has 0 aliphatic carbocycles. The number of anilines is 1. The van der Waals surface area contributed by atoms with Gasteiger partial charge in [-0.25, -0.2) is 8.78 Å². The topological polar surface area (TPSA) is 104 Å². The van der Waals surface area contributed by atoms with Crippen LogP contribution < -0.4 is 14.8 Å². The number of aliphatic hydroxyl groups excluding tert-OH is 2. The van der Waals surface area contributed by atoms with Crippen LogP contribution in [-0.4, -0.2) is 41.3 Å². The molecule has 1 atom stereocenters. The van der Waals surface area contributed by atoms with Gasteiger partial charge >= 0.3 is 0 Å². The SMILES string of the molecule is CC(=O)Nc1ccc(Oc2ccc(F)cc2F)c(C2=CN(C)C(O)c3cc(-c4cc(C)c(OCCO)c(C)c4)oc32)c1. The number of carbonyl (C=O) groups is 1. The molecule has 1 unspecified atom stereocenters. The monoisotopic (exact) mass is 576 g/mol. The van der Waals surface area contributed by atoms with Crippen molar-refractivity contribution in [3.63, 3.8) is 0 Å². The second kappa shape index (κ2) is 11.7. The lowest BCUT2D eigenvalue weighted by Gasteiger charge is -2.28. The summed E-state index contributed by atoms with van der Waals surface area (Å²) in [6.45, 7) is 5.24. The Balaban J connectivity index is 1.62. The summed E-state index contributed by atoms with van der Waals surface area (Å²) < 4.78 is 46.0. The molecule has 0 radical (unpaired) electrons. The Labute approximate surface area is 241 Å². The van der Waals surface area contributed by atoms with Crippen molar-refractivity contribution < 1.29 is 37.7 Å². The van der Waals surface area contributed by atoms with Crippen molar-refractivity contribution in [3.8, 4) is 28.6 Å². The van der Waals surface area contributed by atoms with E-state index >= 15 is 0 Å². The van der Waals surface area contributed by atoms with Gasteiger partial charge in [0, 0.05) is 54.2 Å². The Kier molecular flexibility index (Phi) is 8.02. The van der Waals surface area contributed by atoms with Crippen LogP contribution in [0.5, 0.6) is 17.2 Å². The van der Waals surface area contributed by atoms with Crippen LogP contribution in [0, 0.1) is 25.5 Å². The van der Waals surface area contributed by atoms with Crippen LogP contribution in [0.2, 0.25) is 0 Å². The van der Waals surface area contributed by atoms with E-state index in [2.05, 4.69) is 5.32 Å². The van der Waals surface area contributed by atoms with Crippen LogP contribution in [-0.2, 0) is 4.79 Å². The van der Waals surface area contributed by atoms with E-state index in [4.69, 9.17) is 19.0 Å². The van der Waals surface area contributed by atoms with Gasteiger partial charge in [0.2, 0.25) is 5.91 Å². The Morgan fingerprint density at radius 3 is 2.43 bits per heavy atom. The van der Waals surface area contributed by atoms with Gasteiger partial charge in [-0.1, -0.05) is 0 Å². The molecule has 1 aromatic heterocycles. The minimum absolute atomic E-state index is 0.102. The van der Waals surface area contributed by atoms with Crippen molar-refractivity contribution >= 4 is 17.2 Å². The van der Waals surface area contributed by atoms with E-state index in [1.807, 2.05) is 26.0 Å². The van der Waals surface area contributed by atoms with Gasteiger partial charge < -0.3 is 34.3 Å². The van der Waals surface area contributed by atoms with Gasteiger partial charge in [0.05, 0.1) is 6.61 Å². The molecule has 42 heavy (non-hydrogen) atoms. The van der Waals surface area contributed by atoms with Crippen LogP contribution in [0.3, 0.4) is 0 Å². The summed E-state index contributed by atoms with van der Waals surface area (Å²) in [6.07, 6.45) is 0.650. The van der Waals surface area contributed by atoms with E-state index in [0.29, 0.717) is 39.7 Å². The maximum absolute atomic E-state index is 14.5. The average Bonchev–Trinajstić information content (AvgIpc) is 3.38. The molecule has 4 aromatic rings. The van der Waals surface area contributed by atoms with Gasteiger partial charge in [0.15, 0.2) is 17.8 Å². The highest BCUT2D eigenvalue weighted by atomic mass is 19.1. The van der Waals surface area contributed by atoms with E-state index in [1.54, 1.807) is 42.4 Å². The zero-order valence-electron chi connectivity index (χ0n) is 23.5. The number of ether oxygens (including phenoxy) is 2. The second-order valence-corrected chi connectivity index (χ2v) is 10.1. The van der Waals surface area contributed by atoms with Crippen LogP contribution in [0.4, 0.5) is 14.5 Å². The molecule has 3 aromatic carbocycles. The summed E-state index contributed by atoms with van der Waals surface area (Å²) in [7, 11) is 1.69. The van der Waals surface area contributed by atoms with Crippen LogP contribution in [0.1, 0.15) is 41.2 Å². The summed E-state index contributed by atoms with van der Waals surface area (Å²) in [4.78, 5) is 13.4. The van der Waals surface area contributed by atoms with E-state index in [-0.39, 0.29) is 30.6 Å². The standard InChI is InChI=1S/C32H30F2N2O6/c1-17-11-20(12-18(2)30(17)40-10-9-37)29-15-24-31(42-29)25(16-36(4)32(24)39)23-14-22(35-19(3)38)6-8-27(23)41-28-7-5-21(33)13-26(28)34/h5-8,11-16,32,37,39H,9-10H2,1-4H3,(H,35,38). The zero-order chi connectivity index (χ0) is 30.1. The van der Waals surface area contributed by atoms with Crippen LogP contribution in [0.25, 0.3) is 16.9 Å². The molecule has 3 N–H and O–H groups in total. The number of halogens is 2. The predicted octanol–water partition coefficient (Wildman–Crippen LogP) is 6.29. The van der Waals surface area contributed by atoms with E-state index < -0.39 is 17.9 Å². The first kappa shape index (κ1) is 28.8. The van der Waals surface area contributed by atoms with Gasteiger partial charge in [0.1, 0.15) is 35.4 Å². The molecule has 1 amide bonds. The van der Waals surface area contributed by atoms with Gasteiger partial charge in [-0.3, -0.25) is 4.79 Å². The van der Waals surface area contributed by atoms with Gasteiger partial charge in [0.25, 0.3) is 0 Å². The molecular weight excluding hydrogens is 546 g/mol. The molecule has 1 aliphatic rings. The Bertz CT molecular complexity index is 1670. The molecule has 0 bridgehead atoms. The fourth-order valence-corrected chi connectivity index (χ4v) is 4.95. The van der Waals surface area contributed by atoms with Gasteiger partial charge in [-0.2, -0.15) is 0 Å². The van der Waals surface area contributed by atoms with Crippen LogP contribution in [0.15, 0.2) is 65.2 Å². The lowest BCUT2D eigenvalue weighted by Crippen LogP contribution is -2.23. The van der Waals surface area contributed by atoms with E-state index in [9.17, 15) is 18.7 Å². The molecule has 0 fully saturated rings. The van der Waals surface area contributed by atoms with Crippen molar-refractivity contribution in [3.05, 3.63) is 100 Å². The Hall–Kier alpha value is -4.67. The number of nitrogens with zero attached hydrogens (tertiary/aromatic N) is 1. The summed E-state index contributed by atoms with van der Waals surface area (Å²) in [5, 5.41) is 22.9. The van der Waals surface area contributed by atoms with Crippen LogP contribution >= 0.6 is 0 Å². The first-order valence-electron chi connectivity index (χ1n) is 13.2. The summed E-state index contributed by atoms with van der Waals surface area (Å²) in [5.41, 5.74) is 4.34. The normalized spacial score (nSPS) is 14.3. The third kappa shape index (κ3) is 5.72. The average molecular weight is 577 g/mol. The van der Waals surface area contributed by atoms with Crippen molar-refractivity contribution in [2.75, 3.05) is 25.6 Å². The molecule has 0 saturated heterocycles. The third-order valence-corrected chi connectivity index (χ3v) is 6.79. The van der Waals surface area contributed by atoms with Crippen molar-refractivity contribution in [1.29, 1.82) is 0 Å². The second-order valence-electron chi connectivity index (χ2n) is 10.1. The lowest BCUT2D eigenvalue weighted by atomic mass is 9.96. The van der Waals surface area contributed by atoms with Gasteiger partial charge in [-0.05, 0) is 73.5 Å². The summed E-state index contributed by atoms with van der Waals surface area (Å²) in [5.74, 6) is -0.359. The number of benzene rings is 3. The zero-order valence-corrected chi connectivity index (χ0v) is 23.5. The molecule has 10 heteroatoms. The number of aliphatic hydroxyl groups is 2. The maximum atomic E-state index is 14.5. The van der Waals surface area contributed by atoms with Crippen molar-refractivity contribution in [2.45, 2.75) is 27.0 Å². The first-order chi connectivity index (χ1) is 20.0. The number of nitrogens with one attached hydrogen (secondary N) is 1. The smallest absolute Gasteiger partial charge is 0.221 e. The maximum Gasteiger partial charge on any atom is 0.221 e. The lowest BCUT2D eigenvalue weighted by molar-refractivity contribution is -0.114. The largest absolute Gasteiger partial charge is 0.491 e. The molecule has 0 spiro atoms. The fraction of sp³-hybridized carbons (Fsp3) is 0.219. The fourth-order valence-electron chi connectivity index (χ4n) is 4.95. The highest BCUT2D eigenvalue weighted by Crippen LogP contribution is 2.45. The number of carbonyl (C=O) groups excluding carboxylic acids is 1. The highest BCUT2D eigenvalue weighted by Gasteiger charge is 2.31. The van der Waals surface area contributed by atoms with Crippen molar-refractivity contribution in [1.82, 2.24) is 4.90 Å². The molecule has 8 nitrogen and oxygen atoms in total. The van der Waals surface area contributed by atoms with Crippen molar-refractivity contribution in [2.24, 2.45) is 0 Å². The molecule has 1 aliphatic heterocycles. The molecule has 218 valence electrons. The predicted molar refractivity (Wildman–Crippen MR) is 153 cm³/mol. The molecule has 5 rings (SSSR count). The van der Waals surface area contributed by atoms with Gasteiger partial charge in [-0.15, -0.1) is 0 Å². The number of amides is 1. The minimum Gasteiger partial charge on any atom is -0.491 e. The van der Waals surface area contributed by atoms with E-state index in [1.165, 1.54) is 13.0 Å². The first-order valence-corrected chi connectivity index (χ1v) is 13.2. The molecule has 2 heterocycles. The third-order valence-electron chi connectivity index (χ3n) is 6.79. The van der Waals surface area contributed by atoms with E-state index in [0.717, 1.165) is 28.8 Å². The highest BCUT2D eigenvalue weighted by molar-refractivity contribution is 5.91. The number of hydrogen-bond donors (Lipinski definition) is 3. The number of rotatable bonds is 8. The minimum atomic E-state index is -1.02. The quantitative estimate of drug-likeness (QED) is 0.227.